The Labute approximate surface area is 121 Å². The molecular formula is C13H16ClN5O. The number of benzene rings is 1. The van der Waals surface area contributed by atoms with E-state index in [0.29, 0.717) is 18.8 Å². The first-order valence-corrected chi connectivity index (χ1v) is 6.95. The number of halogens is 1. The van der Waals surface area contributed by atoms with Crippen LogP contribution in [0.25, 0.3) is 0 Å². The zero-order chi connectivity index (χ0) is 13.9. The summed E-state index contributed by atoms with van der Waals surface area (Å²) in [5, 5.41) is 24.7. The summed E-state index contributed by atoms with van der Waals surface area (Å²) in [6, 6.07) is 7.81. The smallest absolute Gasteiger partial charge is 0.174 e. The Morgan fingerprint density at radius 3 is 2.80 bits per heavy atom. The maximum Gasteiger partial charge on any atom is 0.174 e. The van der Waals surface area contributed by atoms with Crippen molar-refractivity contribution < 1.29 is 5.11 Å². The summed E-state index contributed by atoms with van der Waals surface area (Å²) in [5.74, 6) is 0.808. The number of hydrogen-bond donors (Lipinski definition) is 2. The van der Waals surface area contributed by atoms with Gasteiger partial charge in [0.15, 0.2) is 5.82 Å². The fourth-order valence-electron chi connectivity index (χ4n) is 2.62. The highest BCUT2D eigenvalue weighted by Gasteiger charge is 2.32. The van der Waals surface area contributed by atoms with Gasteiger partial charge in [-0.2, -0.15) is 5.21 Å². The molecule has 7 heteroatoms. The Bertz CT molecular complexity index is 544. The van der Waals surface area contributed by atoms with Gasteiger partial charge in [0.25, 0.3) is 0 Å². The topological polar surface area (TPSA) is 77.9 Å². The van der Waals surface area contributed by atoms with Gasteiger partial charge >= 0.3 is 0 Å². The Hall–Kier alpha value is -1.50. The zero-order valence-corrected chi connectivity index (χ0v) is 11.7. The first-order valence-electron chi connectivity index (χ1n) is 6.58. The van der Waals surface area contributed by atoms with Crippen LogP contribution in [0.5, 0.6) is 0 Å². The SMILES string of the molecule is O[C@@H]1CN(Cc2ccc(Cl)cc2)C[C@H]1Cc1nn[nH]n1. The highest BCUT2D eigenvalue weighted by molar-refractivity contribution is 6.30. The van der Waals surface area contributed by atoms with Crippen LogP contribution in [0.2, 0.25) is 5.02 Å². The molecule has 0 spiro atoms. The Kier molecular flexibility index (Phi) is 3.95. The van der Waals surface area contributed by atoms with Crippen LogP contribution >= 0.6 is 11.6 Å². The van der Waals surface area contributed by atoms with Crippen LogP contribution < -0.4 is 0 Å². The number of β-amino-alcohol motifs (C(OH)–C–C–N with tert-alkyl or cyclic N) is 1. The van der Waals surface area contributed by atoms with Gasteiger partial charge in [-0.3, -0.25) is 4.90 Å². The number of nitrogens with zero attached hydrogens (tertiary/aromatic N) is 4. The summed E-state index contributed by atoms with van der Waals surface area (Å²) in [4.78, 5) is 2.23. The minimum absolute atomic E-state index is 0.153. The van der Waals surface area contributed by atoms with E-state index in [1.807, 2.05) is 24.3 Å². The summed E-state index contributed by atoms with van der Waals surface area (Å²) in [6.45, 7) is 2.32. The highest BCUT2D eigenvalue weighted by Crippen LogP contribution is 2.22. The monoisotopic (exact) mass is 293 g/mol. The molecule has 1 aromatic carbocycles. The van der Waals surface area contributed by atoms with Crippen LogP contribution in [0.3, 0.4) is 0 Å². The van der Waals surface area contributed by atoms with Crippen molar-refractivity contribution in [3.05, 3.63) is 40.7 Å². The van der Waals surface area contributed by atoms with E-state index in [9.17, 15) is 5.11 Å². The number of aromatic nitrogens is 4. The molecule has 6 nitrogen and oxygen atoms in total. The lowest BCUT2D eigenvalue weighted by Gasteiger charge is -2.15. The maximum absolute atomic E-state index is 10.1. The number of H-pyrrole nitrogens is 1. The fraction of sp³-hybridized carbons (Fsp3) is 0.462. The molecule has 2 N–H and O–H groups in total. The number of aliphatic hydroxyl groups is 1. The average Bonchev–Trinajstić information content (AvgIpc) is 3.04. The van der Waals surface area contributed by atoms with Gasteiger partial charge in [0.2, 0.25) is 0 Å². The molecule has 1 fully saturated rings. The van der Waals surface area contributed by atoms with Crippen molar-refractivity contribution in [2.45, 2.75) is 19.1 Å². The Morgan fingerprint density at radius 1 is 1.30 bits per heavy atom. The van der Waals surface area contributed by atoms with E-state index in [4.69, 9.17) is 11.6 Å². The molecule has 0 aliphatic carbocycles. The van der Waals surface area contributed by atoms with E-state index in [1.165, 1.54) is 5.56 Å². The van der Waals surface area contributed by atoms with Gasteiger partial charge in [0, 0.05) is 37.0 Å². The van der Waals surface area contributed by atoms with Crippen LogP contribution in [0, 0.1) is 5.92 Å². The third-order valence-corrected chi connectivity index (χ3v) is 3.89. The molecular weight excluding hydrogens is 278 g/mol. The Morgan fingerprint density at radius 2 is 2.10 bits per heavy atom. The zero-order valence-electron chi connectivity index (χ0n) is 10.9. The summed E-state index contributed by atoms with van der Waals surface area (Å²) in [6.07, 6.45) is 0.301. The number of likely N-dealkylation sites (tertiary alicyclic amines) is 1. The van der Waals surface area contributed by atoms with Gasteiger partial charge in [-0.05, 0) is 17.7 Å². The van der Waals surface area contributed by atoms with E-state index < -0.39 is 0 Å². The molecule has 0 saturated carbocycles. The fourth-order valence-corrected chi connectivity index (χ4v) is 2.75. The van der Waals surface area contributed by atoms with E-state index in [2.05, 4.69) is 25.5 Å². The molecule has 0 amide bonds. The highest BCUT2D eigenvalue weighted by atomic mass is 35.5. The van der Waals surface area contributed by atoms with Crippen LogP contribution in [-0.2, 0) is 13.0 Å². The van der Waals surface area contributed by atoms with E-state index in [1.54, 1.807) is 0 Å². The lowest BCUT2D eigenvalue weighted by molar-refractivity contribution is 0.140. The van der Waals surface area contributed by atoms with Crippen molar-refractivity contribution >= 4 is 11.6 Å². The molecule has 1 aromatic heterocycles. The number of tetrazole rings is 1. The molecule has 1 saturated heterocycles. The molecule has 0 radical (unpaired) electrons. The Balaban J connectivity index is 1.58. The van der Waals surface area contributed by atoms with Crippen molar-refractivity contribution in [2.75, 3.05) is 13.1 Å². The average molecular weight is 294 g/mol. The molecule has 1 aliphatic heterocycles. The summed E-state index contributed by atoms with van der Waals surface area (Å²) in [7, 11) is 0. The predicted molar refractivity (Wildman–Crippen MR) is 74.1 cm³/mol. The van der Waals surface area contributed by atoms with Crippen molar-refractivity contribution in [2.24, 2.45) is 5.92 Å². The molecule has 2 aromatic rings. The third kappa shape index (κ3) is 3.15. The number of hydrogen-bond acceptors (Lipinski definition) is 5. The van der Waals surface area contributed by atoms with E-state index in [0.717, 1.165) is 18.1 Å². The molecule has 0 unspecified atom stereocenters. The summed E-state index contributed by atoms with van der Waals surface area (Å²) >= 11 is 5.88. The van der Waals surface area contributed by atoms with Crippen molar-refractivity contribution in [3.8, 4) is 0 Å². The first kappa shape index (κ1) is 13.5. The van der Waals surface area contributed by atoms with Crippen LogP contribution in [0.15, 0.2) is 24.3 Å². The van der Waals surface area contributed by atoms with E-state index in [-0.39, 0.29) is 12.0 Å². The second-order valence-corrected chi connectivity index (χ2v) is 5.62. The predicted octanol–water partition coefficient (Wildman–Crippen LogP) is 0.888. The third-order valence-electron chi connectivity index (χ3n) is 3.64. The van der Waals surface area contributed by atoms with Crippen molar-refractivity contribution in [1.29, 1.82) is 0 Å². The molecule has 3 rings (SSSR count). The van der Waals surface area contributed by atoms with Gasteiger partial charge in [-0.25, -0.2) is 0 Å². The number of aromatic amines is 1. The quantitative estimate of drug-likeness (QED) is 0.875. The van der Waals surface area contributed by atoms with Gasteiger partial charge in [-0.1, -0.05) is 28.9 Å². The summed E-state index contributed by atoms with van der Waals surface area (Å²) < 4.78 is 0. The van der Waals surface area contributed by atoms with Crippen molar-refractivity contribution in [1.82, 2.24) is 25.5 Å². The van der Waals surface area contributed by atoms with Gasteiger partial charge in [0.05, 0.1) is 6.10 Å². The van der Waals surface area contributed by atoms with Crippen molar-refractivity contribution in [3.63, 3.8) is 0 Å². The molecule has 20 heavy (non-hydrogen) atoms. The molecule has 2 heterocycles. The minimum Gasteiger partial charge on any atom is -0.391 e. The second kappa shape index (κ2) is 5.87. The first-order chi connectivity index (χ1) is 9.70. The molecule has 2 atom stereocenters. The number of rotatable bonds is 4. The lowest BCUT2D eigenvalue weighted by Crippen LogP contribution is -2.21. The normalized spacial score (nSPS) is 23.3. The van der Waals surface area contributed by atoms with Gasteiger partial charge < -0.3 is 5.11 Å². The van der Waals surface area contributed by atoms with Gasteiger partial charge in [-0.15, -0.1) is 10.2 Å². The van der Waals surface area contributed by atoms with Gasteiger partial charge in [0.1, 0.15) is 0 Å². The maximum atomic E-state index is 10.1. The lowest BCUT2D eigenvalue weighted by atomic mass is 10.0. The molecule has 0 bridgehead atoms. The van der Waals surface area contributed by atoms with Crippen LogP contribution in [-0.4, -0.2) is 49.8 Å². The second-order valence-electron chi connectivity index (χ2n) is 5.18. The van der Waals surface area contributed by atoms with Crippen LogP contribution in [0.1, 0.15) is 11.4 Å². The number of nitrogens with one attached hydrogen (secondary N) is 1. The van der Waals surface area contributed by atoms with Crippen LogP contribution in [0.4, 0.5) is 0 Å². The largest absolute Gasteiger partial charge is 0.391 e. The molecule has 106 valence electrons. The minimum atomic E-state index is -0.346. The summed E-state index contributed by atoms with van der Waals surface area (Å²) in [5.41, 5.74) is 1.20. The number of aliphatic hydroxyl groups excluding tert-OH is 1. The van der Waals surface area contributed by atoms with E-state index >= 15 is 0 Å². The standard InChI is InChI=1S/C13H16ClN5O/c14-11-3-1-9(2-4-11)6-19-7-10(12(20)8-19)5-13-15-17-18-16-13/h1-4,10,12,20H,5-8H2,(H,15,16,17,18)/t10-,12-/m1/s1. The molecule has 1 aliphatic rings.